The lowest BCUT2D eigenvalue weighted by atomic mass is 10.2. The molecule has 1 aromatic heterocycles. The minimum Gasteiger partial charge on any atom is -0.472 e. The van der Waals surface area contributed by atoms with Crippen molar-refractivity contribution < 1.29 is 9.94 Å². The molecule has 0 aliphatic carbocycles. The third-order valence-corrected chi connectivity index (χ3v) is 3.05. The van der Waals surface area contributed by atoms with Crippen molar-refractivity contribution in [2.45, 2.75) is 6.61 Å². The molecule has 1 aromatic carbocycles. The van der Waals surface area contributed by atoms with Crippen LogP contribution >= 0.6 is 15.9 Å². The van der Waals surface area contributed by atoms with Gasteiger partial charge in [-0.2, -0.15) is 0 Å². The highest BCUT2D eigenvalue weighted by Crippen LogP contribution is 2.25. The van der Waals surface area contributed by atoms with Crippen LogP contribution < -0.4 is 10.1 Å². The number of hydrogen-bond donors (Lipinski definition) is 2. The summed E-state index contributed by atoms with van der Waals surface area (Å²) in [6.07, 6.45) is 1.41. The molecule has 2 N–H and O–H groups in total. The Balaban J connectivity index is 2.13. The SMILES string of the molecule is CNc1cccc(Br)c1COc1ccn(O)n1. The van der Waals surface area contributed by atoms with Crippen molar-refractivity contribution in [1.82, 2.24) is 9.94 Å². The monoisotopic (exact) mass is 297 g/mol. The molecule has 0 bridgehead atoms. The third kappa shape index (κ3) is 2.71. The Hall–Kier alpha value is -1.69. The van der Waals surface area contributed by atoms with E-state index in [1.54, 1.807) is 6.07 Å². The number of nitrogens with zero attached hydrogens (tertiary/aromatic N) is 2. The van der Waals surface area contributed by atoms with Crippen molar-refractivity contribution in [3.05, 3.63) is 40.5 Å². The van der Waals surface area contributed by atoms with Gasteiger partial charge < -0.3 is 15.3 Å². The largest absolute Gasteiger partial charge is 0.472 e. The number of benzene rings is 1. The lowest BCUT2D eigenvalue weighted by Gasteiger charge is -2.11. The smallest absolute Gasteiger partial charge is 0.236 e. The Labute approximate surface area is 107 Å². The van der Waals surface area contributed by atoms with Gasteiger partial charge in [-0.1, -0.05) is 27.1 Å². The molecule has 5 nitrogen and oxygen atoms in total. The van der Waals surface area contributed by atoms with E-state index < -0.39 is 0 Å². The fourth-order valence-electron chi connectivity index (χ4n) is 1.46. The lowest BCUT2D eigenvalue weighted by Crippen LogP contribution is -2.02. The summed E-state index contributed by atoms with van der Waals surface area (Å²) in [7, 11) is 1.85. The highest BCUT2D eigenvalue weighted by Gasteiger charge is 2.07. The quantitative estimate of drug-likeness (QED) is 0.852. The standard InChI is InChI=1S/C11H12BrN3O2/c1-13-10-4-2-3-9(12)8(10)7-17-11-5-6-15(16)14-11/h2-6,13,16H,7H2,1H3. The van der Waals surface area contributed by atoms with E-state index in [2.05, 4.69) is 26.3 Å². The summed E-state index contributed by atoms with van der Waals surface area (Å²) < 4.78 is 6.44. The van der Waals surface area contributed by atoms with E-state index in [1.165, 1.54) is 6.20 Å². The normalized spacial score (nSPS) is 10.2. The Bertz CT molecular complexity index is 513. The summed E-state index contributed by atoms with van der Waals surface area (Å²) in [5, 5.41) is 15.8. The summed E-state index contributed by atoms with van der Waals surface area (Å²) in [5.41, 5.74) is 1.99. The maximum absolute atomic E-state index is 9.01. The van der Waals surface area contributed by atoms with Crippen LogP contribution in [0, 0.1) is 0 Å². The van der Waals surface area contributed by atoms with Crippen molar-refractivity contribution in [2.24, 2.45) is 0 Å². The Morgan fingerprint density at radius 1 is 1.47 bits per heavy atom. The molecule has 0 unspecified atom stereocenters. The molecule has 2 aromatic rings. The second kappa shape index (κ2) is 5.09. The van der Waals surface area contributed by atoms with E-state index in [9.17, 15) is 0 Å². The maximum Gasteiger partial charge on any atom is 0.236 e. The van der Waals surface area contributed by atoms with Crippen LogP contribution in [0.5, 0.6) is 5.88 Å². The van der Waals surface area contributed by atoms with Gasteiger partial charge >= 0.3 is 0 Å². The van der Waals surface area contributed by atoms with Gasteiger partial charge in [0.1, 0.15) is 6.61 Å². The topological polar surface area (TPSA) is 59.3 Å². The fourth-order valence-corrected chi connectivity index (χ4v) is 1.94. The molecule has 0 saturated carbocycles. The molecule has 0 fully saturated rings. The van der Waals surface area contributed by atoms with Crippen LogP contribution in [0.2, 0.25) is 0 Å². The van der Waals surface area contributed by atoms with Gasteiger partial charge in [0.2, 0.25) is 5.88 Å². The number of hydrogen-bond acceptors (Lipinski definition) is 4. The van der Waals surface area contributed by atoms with Gasteiger partial charge in [-0.3, -0.25) is 0 Å². The predicted molar refractivity (Wildman–Crippen MR) is 67.4 cm³/mol. The highest BCUT2D eigenvalue weighted by molar-refractivity contribution is 9.10. The minimum absolute atomic E-state index is 0.370. The first kappa shape index (κ1) is 11.8. The average Bonchev–Trinajstić information content (AvgIpc) is 2.73. The second-order valence-electron chi connectivity index (χ2n) is 3.38. The molecule has 0 aliphatic rings. The molecule has 2 rings (SSSR count). The van der Waals surface area contributed by atoms with Crippen LogP contribution in [0.25, 0.3) is 0 Å². The molecule has 90 valence electrons. The van der Waals surface area contributed by atoms with Crippen LogP contribution in [-0.2, 0) is 6.61 Å². The molecule has 0 saturated heterocycles. The number of anilines is 1. The first-order chi connectivity index (χ1) is 8.20. The number of halogens is 1. The van der Waals surface area contributed by atoms with E-state index in [1.807, 2.05) is 25.2 Å². The zero-order chi connectivity index (χ0) is 12.3. The summed E-state index contributed by atoms with van der Waals surface area (Å²) in [4.78, 5) is 0.717. The summed E-state index contributed by atoms with van der Waals surface area (Å²) in [6, 6.07) is 7.45. The zero-order valence-corrected chi connectivity index (χ0v) is 10.8. The molecular formula is C11H12BrN3O2. The van der Waals surface area contributed by atoms with Gasteiger partial charge in [-0.05, 0) is 12.1 Å². The summed E-state index contributed by atoms with van der Waals surface area (Å²) >= 11 is 3.47. The molecule has 6 heteroatoms. The lowest BCUT2D eigenvalue weighted by molar-refractivity contribution is 0.141. The number of nitrogens with one attached hydrogen (secondary N) is 1. The Morgan fingerprint density at radius 2 is 2.29 bits per heavy atom. The molecule has 1 heterocycles. The highest BCUT2D eigenvalue weighted by atomic mass is 79.9. The Morgan fingerprint density at radius 3 is 2.94 bits per heavy atom. The Kier molecular flexibility index (Phi) is 3.53. The summed E-state index contributed by atoms with van der Waals surface area (Å²) in [5.74, 6) is 0.380. The molecule has 0 amide bonds. The van der Waals surface area contributed by atoms with E-state index >= 15 is 0 Å². The molecule has 0 atom stereocenters. The van der Waals surface area contributed by atoms with E-state index in [0.717, 1.165) is 15.7 Å². The minimum atomic E-state index is 0.370. The number of ether oxygens (including phenoxy) is 1. The molecule has 0 radical (unpaired) electrons. The van der Waals surface area contributed by atoms with Gasteiger partial charge in [0.05, 0.1) is 6.20 Å². The summed E-state index contributed by atoms with van der Waals surface area (Å²) in [6.45, 7) is 0.370. The van der Waals surface area contributed by atoms with Crippen molar-refractivity contribution >= 4 is 21.6 Å². The first-order valence-electron chi connectivity index (χ1n) is 5.03. The molecule has 17 heavy (non-hydrogen) atoms. The number of aromatic nitrogens is 2. The van der Waals surface area contributed by atoms with Gasteiger partial charge in [-0.15, -0.1) is 4.85 Å². The average molecular weight is 298 g/mol. The van der Waals surface area contributed by atoms with Gasteiger partial charge in [0.15, 0.2) is 0 Å². The molecular weight excluding hydrogens is 286 g/mol. The third-order valence-electron chi connectivity index (χ3n) is 2.30. The number of rotatable bonds is 4. The van der Waals surface area contributed by atoms with E-state index in [0.29, 0.717) is 17.3 Å². The first-order valence-corrected chi connectivity index (χ1v) is 5.83. The maximum atomic E-state index is 9.01. The van der Waals surface area contributed by atoms with Crippen LogP contribution in [0.15, 0.2) is 34.9 Å². The van der Waals surface area contributed by atoms with Crippen molar-refractivity contribution in [1.29, 1.82) is 0 Å². The fraction of sp³-hybridized carbons (Fsp3) is 0.182. The van der Waals surface area contributed by atoms with Crippen LogP contribution in [-0.4, -0.2) is 22.2 Å². The van der Waals surface area contributed by atoms with E-state index in [-0.39, 0.29) is 0 Å². The molecule has 0 aliphatic heterocycles. The zero-order valence-electron chi connectivity index (χ0n) is 9.22. The van der Waals surface area contributed by atoms with Gasteiger partial charge in [0, 0.05) is 28.8 Å². The van der Waals surface area contributed by atoms with Gasteiger partial charge in [-0.25, -0.2) is 0 Å². The molecule has 0 spiro atoms. The van der Waals surface area contributed by atoms with E-state index in [4.69, 9.17) is 9.94 Å². The van der Waals surface area contributed by atoms with Crippen LogP contribution in [0.1, 0.15) is 5.56 Å². The van der Waals surface area contributed by atoms with Gasteiger partial charge in [0.25, 0.3) is 0 Å². The van der Waals surface area contributed by atoms with Crippen molar-refractivity contribution in [2.75, 3.05) is 12.4 Å². The van der Waals surface area contributed by atoms with Crippen molar-refractivity contribution in [3.8, 4) is 5.88 Å². The predicted octanol–water partition coefficient (Wildman–Crippen LogP) is 2.50. The second-order valence-corrected chi connectivity index (χ2v) is 4.23. The van der Waals surface area contributed by atoms with Crippen LogP contribution in [0.4, 0.5) is 5.69 Å². The van der Waals surface area contributed by atoms with Crippen LogP contribution in [0.3, 0.4) is 0 Å². The van der Waals surface area contributed by atoms with Crippen molar-refractivity contribution in [3.63, 3.8) is 0 Å².